The lowest BCUT2D eigenvalue weighted by molar-refractivity contribution is 0.0493. The largest absolute Gasteiger partial charge is 0.508 e. The topological polar surface area (TPSA) is 101 Å². The molecule has 2 atom stereocenters. The molecule has 0 unspecified atom stereocenters. The summed E-state index contributed by atoms with van der Waals surface area (Å²) in [6.45, 7) is 3.60. The predicted molar refractivity (Wildman–Crippen MR) is 102 cm³/mol. The normalized spacial score (nSPS) is 15.5. The predicted octanol–water partition coefficient (Wildman–Crippen LogP) is 3.00. The number of anilines is 1. The first-order valence-corrected chi connectivity index (χ1v) is 8.69. The molecule has 0 aromatic heterocycles. The summed E-state index contributed by atoms with van der Waals surface area (Å²) >= 11 is 6.23. The van der Waals surface area contributed by atoms with E-state index in [-0.39, 0.29) is 12.5 Å². The number of hydrazone groups is 1. The fraction of sp³-hybridized carbons (Fsp3) is 0.263. The number of aliphatic hydroxyl groups is 1. The summed E-state index contributed by atoms with van der Waals surface area (Å²) in [5.74, 6) is 0.558. The number of ether oxygens (including phenoxy) is 1. The Morgan fingerprint density at radius 1 is 1.30 bits per heavy atom. The SMILES string of the molecule is Cc1c(N[C@H]([C@@H](C)O)N2COC(c3ccc(O)cc3)=N2)ccc(C#N)c1Cl. The minimum absolute atomic E-state index is 0.155. The Hall–Kier alpha value is -2.95. The van der Waals surface area contributed by atoms with E-state index in [9.17, 15) is 10.2 Å². The van der Waals surface area contributed by atoms with Crippen LogP contribution in [0.1, 0.15) is 23.6 Å². The summed E-state index contributed by atoms with van der Waals surface area (Å²) in [6.07, 6.45) is -1.34. The van der Waals surface area contributed by atoms with Gasteiger partial charge in [0.2, 0.25) is 5.90 Å². The second kappa shape index (κ2) is 7.74. The first-order chi connectivity index (χ1) is 12.9. The van der Waals surface area contributed by atoms with E-state index in [1.165, 1.54) is 0 Å². The number of halogens is 1. The van der Waals surface area contributed by atoms with Crippen molar-refractivity contribution in [3.63, 3.8) is 0 Å². The number of hydrogen-bond donors (Lipinski definition) is 3. The van der Waals surface area contributed by atoms with Crippen molar-refractivity contribution >= 4 is 23.2 Å². The van der Waals surface area contributed by atoms with Crippen molar-refractivity contribution < 1.29 is 14.9 Å². The van der Waals surface area contributed by atoms with E-state index in [0.29, 0.717) is 27.7 Å². The lowest BCUT2D eigenvalue weighted by atomic mass is 10.1. The Morgan fingerprint density at radius 3 is 2.63 bits per heavy atom. The first kappa shape index (κ1) is 18.8. The van der Waals surface area contributed by atoms with E-state index in [4.69, 9.17) is 21.6 Å². The van der Waals surface area contributed by atoms with Crippen LogP contribution in [-0.2, 0) is 4.74 Å². The molecule has 0 radical (unpaired) electrons. The van der Waals surface area contributed by atoms with E-state index in [0.717, 1.165) is 5.56 Å². The highest BCUT2D eigenvalue weighted by atomic mass is 35.5. The minimum atomic E-state index is -0.773. The summed E-state index contributed by atoms with van der Waals surface area (Å²) in [5, 5.41) is 38.3. The smallest absolute Gasteiger partial charge is 0.240 e. The van der Waals surface area contributed by atoms with Crippen LogP contribution < -0.4 is 5.32 Å². The Bertz CT molecular complexity index is 906. The molecule has 2 aromatic rings. The lowest BCUT2D eigenvalue weighted by Crippen LogP contribution is -2.44. The maximum atomic E-state index is 10.2. The number of phenolic OH excluding ortho intramolecular Hbond substituents is 1. The number of nitrogens with zero attached hydrogens (tertiary/aromatic N) is 3. The highest BCUT2D eigenvalue weighted by Gasteiger charge is 2.28. The molecule has 0 saturated heterocycles. The van der Waals surface area contributed by atoms with Crippen LogP contribution >= 0.6 is 11.6 Å². The van der Waals surface area contributed by atoms with Gasteiger partial charge in [-0.1, -0.05) is 11.6 Å². The quantitative estimate of drug-likeness (QED) is 0.730. The van der Waals surface area contributed by atoms with E-state index < -0.39 is 12.3 Å². The number of rotatable bonds is 5. The molecule has 1 heterocycles. The second-order valence-corrected chi connectivity index (χ2v) is 6.58. The molecule has 0 bridgehead atoms. The van der Waals surface area contributed by atoms with Crippen LogP contribution in [0.2, 0.25) is 5.02 Å². The number of aliphatic hydroxyl groups excluding tert-OH is 1. The van der Waals surface area contributed by atoms with Gasteiger partial charge in [0.25, 0.3) is 0 Å². The molecule has 1 aliphatic heterocycles. The van der Waals surface area contributed by atoms with Crippen LogP contribution in [0.15, 0.2) is 41.5 Å². The third kappa shape index (κ3) is 3.92. The van der Waals surface area contributed by atoms with Crippen molar-refractivity contribution in [2.45, 2.75) is 26.1 Å². The highest BCUT2D eigenvalue weighted by Crippen LogP contribution is 2.28. The van der Waals surface area contributed by atoms with E-state index in [1.54, 1.807) is 55.3 Å². The summed E-state index contributed by atoms with van der Waals surface area (Å²) in [7, 11) is 0. The Balaban J connectivity index is 1.84. The summed E-state index contributed by atoms with van der Waals surface area (Å²) in [6, 6.07) is 11.9. The molecule has 0 saturated carbocycles. The van der Waals surface area contributed by atoms with E-state index in [2.05, 4.69) is 10.4 Å². The van der Waals surface area contributed by atoms with Crippen molar-refractivity contribution in [3.8, 4) is 11.8 Å². The van der Waals surface area contributed by atoms with Gasteiger partial charge in [-0.15, -0.1) is 5.10 Å². The Labute approximate surface area is 162 Å². The molecular formula is C19H19ClN4O3. The molecule has 2 aromatic carbocycles. The molecule has 0 aliphatic carbocycles. The van der Waals surface area contributed by atoms with Crippen molar-refractivity contribution in [2.75, 3.05) is 12.0 Å². The van der Waals surface area contributed by atoms with Gasteiger partial charge in [-0.3, -0.25) is 0 Å². The third-order valence-electron chi connectivity index (χ3n) is 4.26. The number of hydrogen-bond acceptors (Lipinski definition) is 7. The van der Waals surface area contributed by atoms with Gasteiger partial charge in [-0.2, -0.15) is 5.26 Å². The van der Waals surface area contributed by atoms with Crippen molar-refractivity contribution in [1.82, 2.24) is 5.01 Å². The number of nitriles is 1. The van der Waals surface area contributed by atoms with Gasteiger partial charge < -0.3 is 20.3 Å². The summed E-state index contributed by atoms with van der Waals surface area (Å²) in [4.78, 5) is 0. The lowest BCUT2D eigenvalue weighted by Gasteiger charge is -2.29. The van der Waals surface area contributed by atoms with Crippen LogP contribution in [0.25, 0.3) is 0 Å². The number of aromatic hydroxyl groups is 1. The van der Waals surface area contributed by atoms with Gasteiger partial charge in [0.15, 0.2) is 6.73 Å². The highest BCUT2D eigenvalue weighted by molar-refractivity contribution is 6.32. The third-order valence-corrected chi connectivity index (χ3v) is 4.74. The molecule has 3 rings (SSSR count). The molecule has 0 amide bonds. The zero-order chi connectivity index (χ0) is 19.6. The van der Waals surface area contributed by atoms with Crippen LogP contribution in [0.3, 0.4) is 0 Å². The molecule has 7 nitrogen and oxygen atoms in total. The molecule has 1 aliphatic rings. The zero-order valence-corrected chi connectivity index (χ0v) is 15.6. The van der Waals surface area contributed by atoms with E-state index >= 15 is 0 Å². The molecule has 140 valence electrons. The summed E-state index contributed by atoms with van der Waals surface area (Å²) < 4.78 is 5.62. The molecule has 8 heteroatoms. The van der Waals surface area contributed by atoms with Gasteiger partial charge in [-0.25, -0.2) is 5.01 Å². The molecule has 0 spiro atoms. The molecule has 0 fully saturated rings. The maximum absolute atomic E-state index is 10.2. The Morgan fingerprint density at radius 2 is 2.00 bits per heavy atom. The molecule has 3 N–H and O–H groups in total. The van der Waals surface area contributed by atoms with Gasteiger partial charge in [0.05, 0.1) is 16.7 Å². The van der Waals surface area contributed by atoms with Gasteiger partial charge >= 0.3 is 0 Å². The molecule has 27 heavy (non-hydrogen) atoms. The van der Waals surface area contributed by atoms with Crippen molar-refractivity contribution in [3.05, 3.63) is 58.1 Å². The summed E-state index contributed by atoms with van der Waals surface area (Å²) in [5.41, 5.74) is 2.52. The van der Waals surface area contributed by atoms with Crippen LogP contribution in [0, 0.1) is 18.3 Å². The zero-order valence-electron chi connectivity index (χ0n) is 14.8. The number of phenols is 1. The van der Waals surface area contributed by atoms with Crippen LogP contribution in [0.5, 0.6) is 5.75 Å². The maximum Gasteiger partial charge on any atom is 0.240 e. The fourth-order valence-corrected chi connectivity index (χ4v) is 2.93. The van der Waals surface area contributed by atoms with Gasteiger partial charge in [-0.05, 0) is 55.8 Å². The average molecular weight is 387 g/mol. The van der Waals surface area contributed by atoms with Crippen molar-refractivity contribution in [1.29, 1.82) is 5.26 Å². The fourth-order valence-electron chi connectivity index (χ4n) is 2.72. The van der Waals surface area contributed by atoms with E-state index in [1.807, 2.05) is 6.07 Å². The minimum Gasteiger partial charge on any atom is -0.508 e. The first-order valence-electron chi connectivity index (χ1n) is 8.32. The second-order valence-electron chi connectivity index (χ2n) is 6.21. The van der Waals surface area contributed by atoms with Gasteiger partial charge in [0.1, 0.15) is 18.0 Å². The number of benzene rings is 2. The number of nitrogens with one attached hydrogen (secondary N) is 1. The van der Waals surface area contributed by atoms with Crippen LogP contribution in [-0.4, -0.2) is 40.1 Å². The monoisotopic (exact) mass is 386 g/mol. The molecular weight excluding hydrogens is 368 g/mol. The van der Waals surface area contributed by atoms with Gasteiger partial charge in [0, 0.05) is 11.3 Å². The standard InChI is InChI=1S/C19H19ClN4O3/c1-11-16(8-5-14(9-21)17(11)20)22-18(12(2)25)24-10-27-19(23-24)13-3-6-15(26)7-4-13/h3-8,12,18,22,25-26H,10H2,1-2H3/t12-,18+/m1/s1. The Kier molecular flexibility index (Phi) is 5.40. The average Bonchev–Trinajstić information content (AvgIpc) is 3.13. The van der Waals surface area contributed by atoms with Crippen molar-refractivity contribution in [2.24, 2.45) is 5.10 Å². The van der Waals surface area contributed by atoms with Crippen LogP contribution in [0.4, 0.5) is 5.69 Å².